The van der Waals surface area contributed by atoms with E-state index in [-0.39, 0.29) is 18.5 Å². The number of carbonyl (C=O) groups excluding carboxylic acids is 1. The molecule has 1 aromatic carbocycles. The van der Waals surface area contributed by atoms with Crippen molar-refractivity contribution in [3.8, 4) is 0 Å². The lowest BCUT2D eigenvalue weighted by Gasteiger charge is -2.22. The third kappa shape index (κ3) is 5.18. The summed E-state index contributed by atoms with van der Waals surface area (Å²) < 4.78 is 11.2. The lowest BCUT2D eigenvalue weighted by Crippen LogP contribution is -2.41. The first kappa shape index (κ1) is 15.5. The molecule has 114 valence electrons. The first-order valence-electron chi connectivity index (χ1n) is 6.76. The number of hydrogen-bond donors (Lipinski definition) is 3. The molecule has 0 aromatic heterocycles. The summed E-state index contributed by atoms with van der Waals surface area (Å²) in [7, 11) is -0.750. The normalized spacial score (nSPS) is 21.5. The number of aliphatic carboxylic acids is 1. The number of anilines is 1. The fraction of sp³-hybridized carbons (Fsp3) is 0.429. The van der Waals surface area contributed by atoms with E-state index in [0.29, 0.717) is 22.8 Å². The molecule has 1 aliphatic heterocycles. The fourth-order valence-corrected chi connectivity index (χ4v) is 3.52. The quantitative estimate of drug-likeness (QED) is 0.782. The maximum absolute atomic E-state index is 11.9. The number of amides is 2. The average Bonchev–Trinajstić information content (AvgIpc) is 2.41. The Morgan fingerprint density at radius 2 is 2.00 bits per heavy atom. The number of carboxylic acid groups (broad SMARTS) is 1. The molecule has 3 N–H and O–H groups in total. The van der Waals surface area contributed by atoms with E-state index < -0.39 is 16.8 Å². The van der Waals surface area contributed by atoms with E-state index in [1.807, 2.05) is 0 Å². The lowest BCUT2D eigenvalue weighted by molar-refractivity contribution is -0.136. The summed E-state index contributed by atoms with van der Waals surface area (Å²) in [6, 6.07) is 6.49. The van der Waals surface area contributed by atoms with Crippen LogP contribution in [0.3, 0.4) is 0 Å². The number of nitrogens with one attached hydrogen (secondary N) is 2. The van der Waals surface area contributed by atoms with E-state index in [0.717, 1.165) is 12.8 Å². The van der Waals surface area contributed by atoms with Crippen LogP contribution in [-0.2, 0) is 22.0 Å². The average molecular weight is 310 g/mol. The van der Waals surface area contributed by atoms with Crippen molar-refractivity contribution in [3.63, 3.8) is 0 Å². The molecule has 2 amide bonds. The van der Waals surface area contributed by atoms with Gasteiger partial charge in [-0.1, -0.05) is 12.1 Å². The molecule has 2 rings (SSSR count). The summed E-state index contributed by atoms with van der Waals surface area (Å²) >= 11 is 0. The Labute approximate surface area is 125 Å². The molecule has 0 saturated carbocycles. The minimum Gasteiger partial charge on any atom is -0.481 e. The van der Waals surface area contributed by atoms with E-state index in [1.54, 1.807) is 24.3 Å². The summed E-state index contributed by atoms with van der Waals surface area (Å²) in [5, 5.41) is 14.3. The SMILES string of the molecule is O=C(O)Cc1cccc(NC(=O)NC2CCS(=O)CC2)c1. The molecule has 0 unspecified atom stereocenters. The highest BCUT2D eigenvalue weighted by Gasteiger charge is 2.19. The number of hydrogen-bond acceptors (Lipinski definition) is 3. The van der Waals surface area contributed by atoms with Crippen LogP contribution in [0, 0.1) is 0 Å². The van der Waals surface area contributed by atoms with E-state index >= 15 is 0 Å². The zero-order valence-corrected chi connectivity index (χ0v) is 12.3. The largest absolute Gasteiger partial charge is 0.481 e. The minimum atomic E-state index is -0.910. The molecule has 21 heavy (non-hydrogen) atoms. The first-order valence-corrected chi connectivity index (χ1v) is 8.25. The third-order valence-corrected chi connectivity index (χ3v) is 4.65. The molecule has 0 aliphatic carbocycles. The molecule has 6 nitrogen and oxygen atoms in total. The van der Waals surface area contributed by atoms with Gasteiger partial charge in [0.25, 0.3) is 0 Å². The van der Waals surface area contributed by atoms with Crippen molar-refractivity contribution in [1.82, 2.24) is 5.32 Å². The molecular formula is C14H18N2O4S. The highest BCUT2D eigenvalue weighted by molar-refractivity contribution is 7.85. The molecule has 1 aliphatic rings. The molecule has 1 fully saturated rings. The highest BCUT2D eigenvalue weighted by Crippen LogP contribution is 2.12. The highest BCUT2D eigenvalue weighted by atomic mass is 32.2. The van der Waals surface area contributed by atoms with Crippen LogP contribution in [-0.4, -0.2) is 38.9 Å². The smallest absolute Gasteiger partial charge is 0.319 e. The van der Waals surface area contributed by atoms with E-state index in [9.17, 15) is 13.8 Å². The Balaban J connectivity index is 1.87. The Morgan fingerprint density at radius 3 is 2.67 bits per heavy atom. The number of urea groups is 1. The van der Waals surface area contributed by atoms with Crippen LogP contribution in [0.1, 0.15) is 18.4 Å². The number of rotatable bonds is 4. The molecule has 0 bridgehead atoms. The lowest BCUT2D eigenvalue weighted by atomic mass is 10.1. The molecule has 1 aromatic rings. The second-order valence-corrected chi connectivity index (χ2v) is 6.69. The van der Waals surface area contributed by atoms with Gasteiger partial charge < -0.3 is 15.7 Å². The maximum Gasteiger partial charge on any atom is 0.319 e. The van der Waals surface area contributed by atoms with Gasteiger partial charge in [-0.05, 0) is 30.5 Å². The van der Waals surface area contributed by atoms with Gasteiger partial charge in [-0.2, -0.15) is 0 Å². The van der Waals surface area contributed by atoms with Crippen LogP contribution in [0.5, 0.6) is 0 Å². The van der Waals surface area contributed by atoms with Crippen LogP contribution in [0.25, 0.3) is 0 Å². The third-order valence-electron chi connectivity index (χ3n) is 3.26. The second kappa shape index (κ2) is 7.21. The van der Waals surface area contributed by atoms with Gasteiger partial charge in [-0.15, -0.1) is 0 Å². The zero-order valence-electron chi connectivity index (χ0n) is 11.5. The van der Waals surface area contributed by atoms with Gasteiger partial charge in [0.15, 0.2) is 0 Å². The molecule has 7 heteroatoms. The minimum absolute atomic E-state index is 0.0462. The van der Waals surface area contributed by atoms with Crippen LogP contribution < -0.4 is 10.6 Å². The Bertz CT molecular complexity index is 552. The predicted octanol–water partition coefficient (Wildman–Crippen LogP) is 1.35. The summed E-state index contributed by atoms with van der Waals surface area (Å²) in [6.45, 7) is 0. The maximum atomic E-state index is 11.9. The Morgan fingerprint density at radius 1 is 1.29 bits per heavy atom. The van der Waals surface area contributed by atoms with E-state index in [1.165, 1.54) is 0 Å². The monoisotopic (exact) mass is 310 g/mol. The predicted molar refractivity (Wildman–Crippen MR) is 80.8 cm³/mol. The van der Waals surface area contributed by atoms with E-state index in [4.69, 9.17) is 5.11 Å². The van der Waals surface area contributed by atoms with Gasteiger partial charge in [0.05, 0.1) is 6.42 Å². The van der Waals surface area contributed by atoms with E-state index in [2.05, 4.69) is 10.6 Å². The van der Waals surface area contributed by atoms with Crippen LogP contribution in [0.2, 0.25) is 0 Å². The van der Waals surface area contributed by atoms with Crippen molar-refractivity contribution < 1.29 is 18.9 Å². The van der Waals surface area contributed by atoms with Crippen molar-refractivity contribution in [2.75, 3.05) is 16.8 Å². The Hall–Kier alpha value is -1.89. The van der Waals surface area contributed by atoms with Crippen LogP contribution in [0.4, 0.5) is 10.5 Å². The number of carboxylic acids is 1. The zero-order chi connectivity index (χ0) is 15.2. The summed E-state index contributed by atoms with van der Waals surface area (Å²) in [6.07, 6.45) is 1.36. The van der Waals surface area contributed by atoms with Crippen molar-refractivity contribution in [1.29, 1.82) is 0 Å². The van der Waals surface area contributed by atoms with Gasteiger partial charge in [0, 0.05) is 34.0 Å². The Kier molecular flexibility index (Phi) is 5.32. The van der Waals surface area contributed by atoms with Crippen molar-refractivity contribution >= 4 is 28.5 Å². The number of carbonyl (C=O) groups is 2. The standard InChI is InChI=1S/C14H18N2O4S/c17-13(18)9-10-2-1-3-12(8-10)16-14(19)15-11-4-6-21(20)7-5-11/h1-3,8,11H,4-7,9H2,(H,17,18)(H2,15,16,19). The van der Waals surface area contributed by atoms with Crippen molar-refractivity contribution in [2.45, 2.75) is 25.3 Å². The molecule has 1 heterocycles. The number of benzene rings is 1. The van der Waals surface area contributed by atoms with Gasteiger partial charge >= 0.3 is 12.0 Å². The molecule has 1 saturated heterocycles. The fourth-order valence-electron chi connectivity index (χ4n) is 2.22. The topological polar surface area (TPSA) is 95.5 Å². The molecule has 0 radical (unpaired) electrons. The van der Waals surface area contributed by atoms with Gasteiger partial charge in [0.2, 0.25) is 0 Å². The second-order valence-electron chi connectivity index (χ2n) is 4.99. The van der Waals surface area contributed by atoms with Crippen molar-refractivity contribution in [2.24, 2.45) is 0 Å². The summed E-state index contributed by atoms with van der Waals surface area (Å²) in [5.74, 6) is 0.338. The first-order chi connectivity index (χ1) is 10.0. The van der Waals surface area contributed by atoms with Crippen LogP contribution >= 0.6 is 0 Å². The van der Waals surface area contributed by atoms with Gasteiger partial charge in [-0.25, -0.2) is 4.79 Å². The van der Waals surface area contributed by atoms with Gasteiger partial charge in [0.1, 0.15) is 0 Å². The van der Waals surface area contributed by atoms with Crippen molar-refractivity contribution in [3.05, 3.63) is 29.8 Å². The summed E-state index contributed by atoms with van der Waals surface area (Å²) in [4.78, 5) is 22.5. The van der Waals surface area contributed by atoms with Gasteiger partial charge in [-0.3, -0.25) is 9.00 Å². The molecular weight excluding hydrogens is 292 g/mol. The van der Waals surface area contributed by atoms with Crippen LogP contribution in [0.15, 0.2) is 24.3 Å². The summed E-state index contributed by atoms with van der Waals surface area (Å²) in [5.41, 5.74) is 1.19. The molecule has 0 atom stereocenters. The molecule has 0 spiro atoms.